The molecule has 1 aliphatic heterocycles. The SMILES string of the molecule is O=C1CC2CC2(C(=O)Cl)N1. The summed E-state index contributed by atoms with van der Waals surface area (Å²) >= 11 is 5.28. The number of nitrogens with one attached hydrogen (secondary N) is 1. The molecule has 1 saturated carbocycles. The number of carbonyl (C=O) groups excluding carboxylic acids is 2. The molecule has 1 aliphatic carbocycles. The fourth-order valence-corrected chi connectivity index (χ4v) is 1.82. The van der Waals surface area contributed by atoms with Crippen molar-refractivity contribution in [1.82, 2.24) is 5.32 Å². The summed E-state index contributed by atoms with van der Waals surface area (Å²) in [6.07, 6.45) is 1.21. The Kier molecular flexibility index (Phi) is 0.944. The maximum absolute atomic E-state index is 10.7. The van der Waals surface area contributed by atoms with Crippen molar-refractivity contribution in [2.45, 2.75) is 18.4 Å². The summed E-state index contributed by atoms with van der Waals surface area (Å²) in [6.45, 7) is 0. The van der Waals surface area contributed by atoms with Crippen LogP contribution in [0.4, 0.5) is 0 Å². The van der Waals surface area contributed by atoms with E-state index in [9.17, 15) is 9.59 Å². The van der Waals surface area contributed by atoms with Gasteiger partial charge >= 0.3 is 0 Å². The van der Waals surface area contributed by atoms with Crippen molar-refractivity contribution in [3.63, 3.8) is 0 Å². The van der Waals surface area contributed by atoms with Crippen LogP contribution in [-0.4, -0.2) is 16.7 Å². The Morgan fingerprint density at radius 3 is 2.80 bits per heavy atom. The maximum atomic E-state index is 10.7. The van der Waals surface area contributed by atoms with Crippen LogP contribution in [0.5, 0.6) is 0 Å². The van der Waals surface area contributed by atoms with Crippen molar-refractivity contribution >= 4 is 22.8 Å². The molecule has 1 saturated heterocycles. The molecule has 2 rings (SSSR count). The molecule has 1 N–H and O–H groups in total. The van der Waals surface area contributed by atoms with Crippen molar-refractivity contribution in [1.29, 1.82) is 0 Å². The zero-order valence-corrected chi connectivity index (χ0v) is 5.94. The van der Waals surface area contributed by atoms with Crippen LogP contribution in [0.3, 0.4) is 0 Å². The molecule has 10 heavy (non-hydrogen) atoms. The Morgan fingerprint density at radius 2 is 2.50 bits per heavy atom. The number of hydrogen-bond acceptors (Lipinski definition) is 2. The molecule has 3 nitrogen and oxygen atoms in total. The van der Waals surface area contributed by atoms with Crippen LogP contribution in [0, 0.1) is 5.92 Å². The number of carbonyl (C=O) groups is 2. The average Bonchev–Trinajstić information content (AvgIpc) is 2.37. The van der Waals surface area contributed by atoms with E-state index in [4.69, 9.17) is 11.6 Å². The molecule has 4 heteroatoms. The van der Waals surface area contributed by atoms with E-state index in [2.05, 4.69) is 5.32 Å². The van der Waals surface area contributed by atoms with E-state index >= 15 is 0 Å². The van der Waals surface area contributed by atoms with Gasteiger partial charge in [0.05, 0.1) is 0 Å². The molecule has 0 spiro atoms. The summed E-state index contributed by atoms with van der Waals surface area (Å²) in [4.78, 5) is 21.4. The van der Waals surface area contributed by atoms with Crippen molar-refractivity contribution in [3.05, 3.63) is 0 Å². The van der Waals surface area contributed by atoms with Gasteiger partial charge in [0.2, 0.25) is 11.1 Å². The summed E-state index contributed by atoms with van der Waals surface area (Å²) < 4.78 is 0. The van der Waals surface area contributed by atoms with Crippen molar-refractivity contribution in [3.8, 4) is 0 Å². The normalized spacial score (nSPS) is 42.5. The summed E-state index contributed by atoms with van der Waals surface area (Å²) in [5.41, 5.74) is -0.640. The smallest absolute Gasteiger partial charge is 0.247 e. The van der Waals surface area contributed by atoms with Crippen molar-refractivity contribution in [2.75, 3.05) is 0 Å². The molecule has 0 aromatic rings. The van der Waals surface area contributed by atoms with Gasteiger partial charge in [0, 0.05) is 12.3 Å². The molecule has 1 heterocycles. The number of amides is 1. The Balaban J connectivity index is 2.23. The number of rotatable bonds is 1. The first-order valence-corrected chi connectivity index (χ1v) is 3.54. The van der Waals surface area contributed by atoms with Gasteiger partial charge < -0.3 is 5.32 Å². The van der Waals surface area contributed by atoms with Gasteiger partial charge in [-0.05, 0) is 18.0 Å². The van der Waals surface area contributed by atoms with Gasteiger partial charge in [0.25, 0.3) is 0 Å². The van der Waals surface area contributed by atoms with E-state index in [0.717, 1.165) is 6.42 Å². The Labute approximate surface area is 62.7 Å². The van der Waals surface area contributed by atoms with Crippen LogP contribution in [-0.2, 0) is 9.59 Å². The van der Waals surface area contributed by atoms with Crippen LogP contribution in [0.1, 0.15) is 12.8 Å². The second-order valence-corrected chi connectivity index (χ2v) is 3.24. The van der Waals surface area contributed by atoms with Crippen LogP contribution >= 0.6 is 11.6 Å². The van der Waals surface area contributed by atoms with Gasteiger partial charge in [-0.25, -0.2) is 0 Å². The minimum Gasteiger partial charge on any atom is -0.342 e. The number of piperidine rings is 1. The van der Waals surface area contributed by atoms with E-state index in [1.807, 2.05) is 0 Å². The third-order valence-electron chi connectivity index (χ3n) is 2.25. The molecule has 2 atom stereocenters. The first-order valence-electron chi connectivity index (χ1n) is 3.16. The highest BCUT2D eigenvalue weighted by Crippen LogP contribution is 2.51. The monoisotopic (exact) mass is 159 g/mol. The van der Waals surface area contributed by atoms with Crippen LogP contribution in [0.25, 0.3) is 0 Å². The second kappa shape index (κ2) is 1.53. The topological polar surface area (TPSA) is 46.2 Å². The molecule has 2 unspecified atom stereocenters. The maximum Gasteiger partial charge on any atom is 0.247 e. The van der Waals surface area contributed by atoms with Crippen LogP contribution in [0.15, 0.2) is 0 Å². The lowest BCUT2D eigenvalue weighted by Gasteiger charge is -2.05. The lowest BCUT2D eigenvalue weighted by Crippen LogP contribution is -2.36. The minimum absolute atomic E-state index is 0.0507. The molecule has 1 amide bonds. The first kappa shape index (κ1) is 6.16. The molecular weight excluding hydrogens is 154 g/mol. The first-order chi connectivity index (χ1) is 4.65. The molecule has 0 aromatic heterocycles. The van der Waals surface area contributed by atoms with Gasteiger partial charge in [0.1, 0.15) is 5.54 Å². The van der Waals surface area contributed by atoms with Crippen molar-refractivity contribution in [2.24, 2.45) is 5.92 Å². The lowest BCUT2D eigenvalue weighted by atomic mass is 10.2. The van der Waals surface area contributed by atoms with Gasteiger partial charge in [-0.1, -0.05) is 0 Å². The Hall–Kier alpha value is -0.570. The highest BCUT2D eigenvalue weighted by molar-refractivity contribution is 6.66. The van der Waals surface area contributed by atoms with Gasteiger partial charge in [-0.3, -0.25) is 9.59 Å². The number of fused-ring (bicyclic) bond motifs is 1. The number of hydrogen-bond donors (Lipinski definition) is 1. The molecule has 0 aromatic carbocycles. The predicted octanol–water partition coefficient (Wildman–Crippen LogP) is 0.0304. The van der Waals surface area contributed by atoms with Gasteiger partial charge in [-0.2, -0.15) is 0 Å². The predicted molar refractivity (Wildman–Crippen MR) is 34.5 cm³/mol. The summed E-state index contributed by atoms with van der Waals surface area (Å²) in [6, 6.07) is 0. The fourth-order valence-electron chi connectivity index (χ4n) is 1.54. The molecule has 0 radical (unpaired) electrons. The fraction of sp³-hybridized carbons (Fsp3) is 0.667. The zero-order valence-electron chi connectivity index (χ0n) is 5.19. The van der Waals surface area contributed by atoms with Crippen LogP contribution < -0.4 is 5.32 Å². The van der Waals surface area contributed by atoms with E-state index in [0.29, 0.717) is 6.42 Å². The standard InChI is InChI=1S/C6H6ClNO2/c7-5(10)6-2-3(6)1-4(9)8-6/h3H,1-2H2,(H,8,9). The molecular formula is C6H6ClNO2. The largest absolute Gasteiger partial charge is 0.342 e. The van der Waals surface area contributed by atoms with E-state index in [1.54, 1.807) is 0 Å². The molecule has 54 valence electrons. The molecule has 2 fully saturated rings. The van der Waals surface area contributed by atoms with E-state index < -0.39 is 10.8 Å². The molecule has 2 aliphatic rings. The summed E-state index contributed by atoms with van der Waals surface area (Å²) in [7, 11) is 0. The zero-order chi connectivity index (χ0) is 7.35. The third-order valence-corrected chi connectivity index (χ3v) is 2.59. The quantitative estimate of drug-likeness (QED) is 0.549. The average molecular weight is 160 g/mol. The summed E-state index contributed by atoms with van der Waals surface area (Å²) in [5.74, 6) is 0.134. The lowest BCUT2D eigenvalue weighted by molar-refractivity contribution is -0.123. The van der Waals surface area contributed by atoms with Crippen LogP contribution in [0.2, 0.25) is 0 Å². The summed E-state index contributed by atoms with van der Waals surface area (Å²) in [5, 5.41) is 2.17. The van der Waals surface area contributed by atoms with Gasteiger partial charge in [-0.15, -0.1) is 0 Å². The highest BCUT2D eigenvalue weighted by atomic mass is 35.5. The minimum atomic E-state index is -0.640. The number of halogens is 1. The third kappa shape index (κ3) is 0.560. The second-order valence-electron chi connectivity index (χ2n) is 2.90. The van der Waals surface area contributed by atoms with Gasteiger partial charge in [0.15, 0.2) is 0 Å². The van der Waals surface area contributed by atoms with Crippen molar-refractivity contribution < 1.29 is 9.59 Å². The van der Waals surface area contributed by atoms with E-state index in [-0.39, 0.29) is 11.8 Å². The van der Waals surface area contributed by atoms with E-state index in [1.165, 1.54) is 0 Å². The Bertz CT molecular complexity index is 228. The Morgan fingerprint density at radius 1 is 1.80 bits per heavy atom. The molecule has 0 bridgehead atoms. The highest BCUT2D eigenvalue weighted by Gasteiger charge is 2.64.